The van der Waals surface area contributed by atoms with Gasteiger partial charge in [-0.05, 0) is 107 Å². The highest BCUT2D eigenvalue weighted by atomic mass is 19.4. The molecule has 68 heavy (non-hydrogen) atoms. The zero-order valence-electron chi connectivity index (χ0n) is 35.9. The van der Waals surface area contributed by atoms with E-state index in [0.717, 1.165) is 73.7 Å². The molecule has 4 nitrogen and oxygen atoms in total. The van der Waals surface area contributed by atoms with Gasteiger partial charge in [-0.15, -0.1) is 0 Å². The summed E-state index contributed by atoms with van der Waals surface area (Å²) in [6.45, 7) is 0. The van der Waals surface area contributed by atoms with Crippen LogP contribution in [0.25, 0.3) is 111 Å². The van der Waals surface area contributed by atoms with Crippen LogP contribution in [0.2, 0.25) is 0 Å². The molecule has 0 saturated heterocycles. The highest BCUT2D eigenvalue weighted by molar-refractivity contribution is 6.12. The first-order chi connectivity index (χ1) is 33.2. The van der Waals surface area contributed by atoms with E-state index in [9.17, 15) is 0 Å². The van der Waals surface area contributed by atoms with Gasteiger partial charge in [0.1, 0.15) is 11.6 Å². The molecule has 0 atom stereocenters. The van der Waals surface area contributed by atoms with Gasteiger partial charge in [0.15, 0.2) is 0 Å². The lowest BCUT2D eigenvalue weighted by Crippen LogP contribution is -2.13. The first-order valence-electron chi connectivity index (χ1n) is 22.0. The molecular weight excluding hydrogens is 860 g/mol. The van der Waals surface area contributed by atoms with Gasteiger partial charge in [-0.2, -0.15) is 13.2 Å². The van der Waals surface area contributed by atoms with Crippen LogP contribution in [0.3, 0.4) is 0 Å². The number of para-hydroxylation sites is 2. The van der Waals surface area contributed by atoms with Crippen LogP contribution < -0.4 is 0 Å². The van der Waals surface area contributed by atoms with Crippen molar-refractivity contribution >= 4 is 43.6 Å². The lowest BCUT2D eigenvalue weighted by atomic mass is 9.97. The fourth-order valence-corrected chi connectivity index (χ4v) is 9.71. The van der Waals surface area contributed by atoms with E-state index in [1.807, 2.05) is 146 Å². The Kier molecular flexibility index (Phi) is 9.62. The minimum absolute atomic E-state index is 0.0331. The van der Waals surface area contributed by atoms with E-state index in [1.165, 1.54) is 12.1 Å². The SMILES string of the molecule is Fc1cccc(F)c1-c1cc(-n2c3ccccc3c3cc(-c4ccnc(-c5ccccc5)c4)ccc32)c(C(F)(F)F)cc1-n1c2ccccc2c2cc(-c3ccnc(-c4ccccc4)c3)ccc21. The number of pyridine rings is 2. The quantitative estimate of drug-likeness (QED) is 0.149. The van der Waals surface area contributed by atoms with E-state index < -0.39 is 28.9 Å². The molecule has 0 aliphatic carbocycles. The Morgan fingerprint density at radius 1 is 0.353 bits per heavy atom. The molecule has 0 fully saturated rings. The van der Waals surface area contributed by atoms with Gasteiger partial charge in [0.25, 0.3) is 0 Å². The maximum atomic E-state index is 16.4. The second kappa shape index (κ2) is 16.0. The van der Waals surface area contributed by atoms with Crippen molar-refractivity contribution in [1.29, 1.82) is 0 Å². The number of hydrogen-bond donors (Lipinski definition) is 0. The van der Waals surface area contributed by atoms with Crippen molar-refractivity contribution in [3.8, 4) is 67.3 Å². The van der Waals surface area contributed by atoms with Crippen LogP contribution >= 0.6 is 0 Å². The van der Waals surface area contributed by atoms with Crippen LogP contribution in [-0.2, 0) is 6.18 Å². The summed E-state index contributed by atoms with van der Waals surface area (Å²) < 4.78 is 84.1. The lowest BCUT2D eigenvalue weighted by molar-refractivity contribution is -0.137. The number of nitrogens with zero attached hydrogens (tertiary/aromatic N) is 4. The van der Waals surface area contributed by atoms with Crippen LogP contribution in [0, 0.1) is 11.6 Å². The largest absolute Gasteiger partial charge is 0.418 e. The predicted octanol–water partition coefficient (Wildman–Crippen LogP) is 16.3. The van der Waals surface area contributed by atoms with Gasteiger partial charge >= 0.3 is 6.18 Å². The van der Waals surface area contributed by atoms with E-state index >= 15 is 22.0 Å². The molecule has 0 amide bonds. The minimum Gasteiger partial charge on any atom is -0.309 e. The van der Waals surface area contributed by atoms with Gasteiger partial charge in [-0.1, -0.05) is 115 Å². The Balaban J connectivity index is 1.10. The van der Waals surface area contributed by atoms with Crippen LogP contribution in [0.4, 0.5) is 22.0 Å². The van der Waals surface area contributed by atoms with Crippen molar-refractivity contribution in [3.05, 3.63) is 230 Å². The molecule has 0 spiro atoms. The van der Waals surface area contributed by atoms with E-state index in [0.29, 0.717) is 32.8 Å². The molecule has 12 rings (SSSR count). The van der Waals surface area contributed by atoms with Crippen molar-refractivity contribution in [3.63, 3.8) is 0 Å². The number of hydrogen-bond acceptors (Lipinski definition) is 2. The minimum atomic E-state index is -4.91. The molecule has 0 saturated carbocycles. The third-order valence-corrected chi connectivity index (χ3v) is 12.8. The molecule has 8 aromatic carbocycles. The topological polar surface area (TPSA) is 35.6 Å². The van der Waals surface area contributed by atoms with Crippen molar-refractivity contribution in [2.24, 2.45) is 0 Å². The maximum absolute atomic E-state index is 16.4. The predicted molar refractivity (Wildman–Crippen MR) is 263 cm³/mol. The standard InChI is InChI=1S/C59H35F5N4/c60-48-18-11-19-49(61)58(48)46-34-57(68-53-21-10-8-17-43(53)45-31-39(23-25-55(45)68)41-27-29-66-51(33-41)37-14-5-2-6-15-37)47(59(62,63)64)35-56(46)67-52-20-9-7-16-42(52)44-30-38(22-24-54(44)67)40-26-28-65-50(32-40)36-12-3-1-4-13-36/h1-35H. The Morgan fingerprint density at radius 3 is 1.29 bits per heavy atom. The van der Waals surface area contributed by atoms with Gasteiger partial charge in [0.05, 0.1) is 56.0 Å². The van der Waals surface area contributed by atoms with Gasteiger partial charge in [-0.25, -0.2) is 8.78 Å². The van der Waals surface area contributed by atoms with Crippen LogP contribution in [0.15, 0.2) is 213 Å². The summed E-state index contributed by atoms with van der Waals surface area (Å²) in [7, 11) is 0. The molecule has 0 unspecified atom stereocenters. The first kappa shape index (κ1) is 40.8. The van der Waals surface area contributed by atoms with Crippen molar-refractivity contribution < 1.29 is 22.0 Å². The Hall–Kier alpha value is -8.69. The number of halogens is 5. The average molecular weight is 895 g/mol. The highest BCUT2D eigenvalue weighted by Gasteiger charge is 2.37. The van der Waals surface area contributed by atoms with E-state index in [1.54, 1.807) is 45.8 Å². The smallest absolute Gasteiger partial charge is 0.309 e. The molecule has 12 aromatic rings. The van der Waals surface area contributed by atoms with E-state index in [-0.39, 0.29) is 16.9 Å². The van der Waals surface area contributed by atoms with E-state index in [2.05, 4.69) is 9.97 Å². The van der Waals surface area contributed by atoms with Crippen LogP contribution in [-0.4, -0.2) is 19.1 Å². The second-order valence-electron chi connectivity index (χ2n) is 16.7. The Morgan fingerprint density at radius 2 is 0.794 bits per heavy atom. The van der Waals surface area contributed by atoms with Gasteiger partial charge in [-0.3, -0.25) is 9.97 Å². The molecule has 0 aliphatic rings. The number of rotatable bonds is 7. The van der Waals surface area contributed by atoms with Crippen molar-refractivity contribution in [2.75, 3.05) is 0 Å². The zero-order valence-corrected chi connectivity index (χ0v) is 35.9. The molecule has 4 heterocycles. The highest BCUT2D eigenvalue weighted by Crippen LogP contribution is 2.46. The first-order valence-corrected chi connectivity index (χ1v) is 22.0. The second-order valence-corrected chi connectivity index (χ2v) is 16.7. The monoisotopic (exact) mass is 894 g/mol. The maximum Gasteiger partial charge on any atom is 0.418 e. The van der Waals surface area contributed by atoms with Crippen LogP contribution in [0.1, 0.15) is 5.56 Å². The molecular formula is C59H35F5N4. The molecule has 326 valence electrons. The summed E-state index contributed by atoms with van der Waals surface area (Å²) >= 11 is 0. The summed E-state index contributed by atoms with van der Waals surface area (Å²) in [5, 5.41) is 2.91. The van der Waals surface area contributed by atoms with Crippen molar-refractivity contribution in [1.82, 2.24) is 19.1 Å². The fourth-order valence-electron chi connectivity index (χ4n) is 9.71. The lowest BCUT2D eigenvalue weighted by Gasteiger charge is -2.22. The summed E-state index contributed by atoms with van der Waals surface area (Å²) in [5.41, 5.74) is 7.28. The summed E-state index contributed by atoms with van der Waals surface area (Å²) in [5.74, 6) is -1.82. The van der Waals surface area contributed by atoms with Gasteiger partial charge < -0.3 is 9.13 Å². The fraction of sp³-hybridized carbons (Fsp3) is 0.0169. The van der Waals surface area contributed by atoms with E-state index in [4.69, 9.17) is 0 Å². The molecule has 0 N–H and O–H groups in total. The van der Waals surface area contributed by atoms with Crippen LogP contribution in [0.5, 0.6) is 0 Å². The molecule has 4 aromatic heterocycles. The third-order valence-electron chi connectivity index (χ3n) is 12.8. The number of aromatic nitrogens is 4. The number of alkyl halides is 3. The molecule has 0 aliphatic heterocycles. The number of fused-ring (bicyclic) bond motifs is 6. The number of benzene rings is 8. The molecule has 0 radical (unpaired) electrons. The summed E-state index contributed by atoms with van der Waals surface area (Å²) in [6, 6.07) is 59.3. The Bertz CT molecular complexity index is 3910. The molecule has 0 bridgehead atoms. The summed E-state index contributed by atoms with van der Waals surface area (Å²) in [4.78, 5) is 9.19. The normalized spacial score (nSPS) is 11.9. The summed E-state index contributed by atoms with van der Waals surface area (Å²) in [6.07, 6.45) is -1.42. The average Bonchev–Trinajstić information content (AvgIpc) is 3.88. The Labute approximate surface area is 386 Å². The molecule has 9 heteroatoms. The zero-order chi connectivity index (χ0) is 46.1. The van der Waals surface area contributed by atoms with Gasteiger partial charge in [0.2, 0.25) is 0 Å². The third kappa shape index (κ3) is 6.81. The van der Waals surface area contributed by atoms with Gasteiger partial charge in [0, 0.05) is 50.6 Å². The van der Waals surface area contributed by atoms with Crippen molar-refractivity contribution in [2.45, 2.75) is 6.18 Å².